The molecular weight excluding hydrogens is 325 g/mol. The summed E-state index contributed by atoms with van der Waals surface area (Å²) in [7, 11) is 1.58. The molecule has 0 aliphatic rings. The molecule has 0 aliphatic carbocycles. The smallest absolute Gasteiger partial charge is 0.407 e. The lowest BCUT2D eigenvalue weighted by Gasteiger charge is -2.21. The molecule has 0 aromatic rings. The number of thioether (sulfide) groups is 1. The second-order valence-corrected chi connectivity index (χ2v) is 11.4. The lowest BCUT2D eigenvalue weighted by atomic mass is 10.5. The first-order valence-corrected chi connectivity index (χ1v) is 11.3. The molecule has 1 N–H and O–H groups in total. The highest BCUT2D eigenvalue weighted by atomic mass is 32.9. The van der Waals surface area contributed by atoms with Gasteiger partial charge in [-0.2, -0.15) is 0 Å². The molecule has 0 aromatic carbocycles. The SMILES string of the molecule is CCNC(=O)OCCSCSP(=S)(OC)OC(C)C. The Hall–Kier alpha value is 0.540. The third kappa shape index (κ3) is 10.9. The molecule has 9 heteroatoms. The van der Waals surface area contributed by atoms with Crippen molar-refractivity contribution in [2.24, 2.45) is 0 Å². The van der Waals surface area contributed by atoms with Crippen molar-refractivity contribution in [2.45, 2.75) is 26.9 Å². The van der Waals surface area contributed by atoms with Crippen molar-refractivity contribution in [1.82, 2.24) is 5.32 Å². The molecule has 0 saturated heterocycles. The zero-order valence-electron chi connectivity index (χ0n) is 11.7. The van der Waals surface area contributed by atoms with Crippen LogP contribution in [0.4, 0.5) is 4.79 Å². The molecule has 0 bridgehead atoms. The fourth-order valence-electron chi connectivity index (χ4n) is 0.934. The molecule has 0 spiro atoms. The Labute approximate surface area is 128 Å². The van der Waals surface area contributed by atoms with Gasteiger partial charge < -0.3 is 19.1 Å². The van der Waals surface area contributed by atoms with Crippen LogP contribution in [0.25, 0.3) is 0 Å². The third-order valence-corrected chi connectivity index (χ3v) is 8.88. The molecule has 5 nitrogen and oxygen atoms in total. The van der Waals surface area contributed by atoms with E-state index in [-0.39, 0.29) is 12.2 Å². The summed E-state index contributed by atoms with van der Waals surface area (Å²) in [4.78, 5) is 11.0. The van der Waals surface area contributed by atoms with E-state index in [9.17, 15) is 4.79 Å². The monoisotopic (exact) mass is 347 g/mol. The van der Waals surface area contributed by atoms with Gasteiger partial charge in [0, 0.05) is 24.5 Å². The topological polar surface area (TPSA) is 56.8 Å². The quantitative estimate of drug-likeness (QED) is 0.369. The van der Waals surface area contributed by atoms with Gasteiger partial charge in [-0.05, 0) is 32.6 Å². The van der Waals surface area contributed by atoms with Crippen molar-refractivity contribution in [1.29, 1.82) is 0 Å². The van der Waals surface area contributed by atoms with Crippen LogP contribution < -0.4 is 5.32 Å². The van der Waals surface area contributed by atoms with Gasteiger partial charge in [-0.15, -0.1) is 11.8 Å². The van der Waals surface area contributed by atoms with Crippen LogP contribution in [-0.2, 0) is 25.6 Å². The molecule has 1 atom stereocenters. The predicted octanol–water partition coefficient (Wildman–Crippen LogP) is 3.45. The van der Waals surface area contributed by atoms with Gasteiger partial charge in [0.1, 0.15) is 6.61 Å². The molecular formula is C10H22NO4PS3. The maximum atomic E-state index is 11.0. The van der Waals surface area contributed by atoms with Gasteiger partial charge in [-0.3, -0.25) is 0 Å². The Balaban J connectivity index is 3.67. The van der Waals surface area contributed by atoms with Gasteiger partial charge in [0.15, 0.2) is 0 Å². The van der Waals surface area contributed by atoms with Gasteiger partial charge in [0.2, 0.25) is 5.69 Å². The van der Waals surface area contributed by atoms with Gasteiger partial charge in [-0.1, -0.05) is 11.4 Å². The van der Waals surface area contributed by atoms with Gasteiger partial charge in [0.25, 0.3) is 0 Å². The van der Waals surface area contributed by atoms with Crippen LogP contribution in [0.5, 0.6) is 0 Å². The van der Waals surface area contributed by atoms with E-state index >= 15 is 0 Å². The number of hydrogen-bond donors (Lipinski definition) is 1. The molecule has 1 amide bonds. The Kier molecular flexibility index (Phi) is 11.5. The number of rotatable bonds is 10. The second kappa shape index (κ2) is 11.2. The summed E-state index contributed by atoms with van der Waals surface area (Å²) in [5, 5.41) is 3.33. The fraction of sp³-hybridized carbons (Fsp3) is 0.900. The minimum atomic E-state index is -2.23. The van der Waals surface area contributed by atoms with Gasteiger partial charge in [-0.25, -0.2) is 4.79 Å². The van der Waals surface area contributed by atoms with Crippen molar-refractivity contribution < 1.29 is 18.6 Å². The van der Waals surface area contributed by atoms with Crippen molar-refractivity contribution in [3.8, 4) is 0 Å². The van der Waals surface area contributed by atoms with E-state index in [0.29, 0.717) is 13.2 Å². The summed E-state index contributed by atoms with van der Waals surface area (Å²) >= 11 is 8.51. The first-order valence-electron chi connectivity index (χ1n) is 5.90. The Morgan fingerprint density at radius 1 is 1.47 bits per heavy atom. The number of hydrogen-bond acceptors (Lipinski definition) is 7. The van der Waals surface area contributed by atoms with Crippen LogP contribution in [-0.4, -0.2) is 43.3 Å². The lowest BCUT2D eigenvalue weighted by molar-refractivity contribution is 0.154. The first-order chi connectivity index (χ1) is 8.93. The number of ether oxygens (including phenoxy) is 1. The maximum Gasteiger partial charge on any atom is 0.407 e. The highest BCUT2D eigenvalue weighted by Gasteiger charge is 2.19. The number of amides is 1. The van der Waals surface area contributed by atoms with Crippen LogP contribution in [0.15, 0.2) is 0 Å². The van der Waals surface area contributed by atoms with E-state index in [0.717, 1.165) is 10.8 Å². The van der Waals surface area contributed by atoms with E-state index in [4.69, 9.17) is 25.6 Å². The predicted molar refractivity (Wildman–Crippen MR) is 87.5 cm³/mol. The van der Waals surface area contributed by atoms with Crippen LogP contribution in [0.1, 0.15) is 20.8 Å². The second-order valence-electron chi connectivity index (χ2n) is 3.61. The zero-order chi connectivity index (χ0) is 14.7. The van der Waals surface area contributed by atoms with E-state index in [1.807, 2.05) is 20.8 Å². The maximum absolute atomic E-state index is 11.0. The summed E-state index contributed by atoms with van der Waals surface area (Å²) < 4.78 is 15.9. The minimum absolute atomic E-state index is 0.0596. The van der Waals surface area contributed by atoms with Crippen LogP contribution >= 0.6 is 28.8 Å². The molecule has 0 rings (SSSR count). The average molecular weight is 347 g/mol. The number of alkyl carbamates (subject to hydrolysis) is 1. The summed E-state index contributed by atoms with van der Waals surface area (Å²) in [5.74, 6) is 0.727. The fourth-order valence-corrected chi connectivity index (χ4v) is 7.72. The largest absolute Gasteiger partial charge is 0.449 e. The third-order valence-electron chi connectivity index (χ3n) is 1.64. The average Bonchev–Trinajstić information content (AvgIpc) is 2.33. The van der Waals surface area contributed by atoms with Crippen LogP contribution in [0.2, 0.25) is 0 Å². The summed E-state index contributed by atoms with van der Waals surface area (Å²) in [5.41, 5.74) is -2.23. The molecule has 114 valence electrons. The molecule has 0 saturated carbocycles. The lowest BCUT2D eigenvalue weighted by Crippen LogP contribution is -2.24. The normalized spacial score (nSPS) is 14.2. The summed E-state index contributed by atoms with van der Waals surface area (Å²) in [6, 6.07) is 0. The molecule has 0 heterocycles. The van der Waals surface area contributed by atoms with Gasteiger partial charge in [0.05, 0.1) is 6.10 Å². The van der Waals surface area contributed by atoms with Crippen LogP contribution in [0.3, 0.4) is 0 Å². The molecule has 0 fully saturated rings. The van der Waals surface area contributed by atoms with Crippen LogP contribution in [0, 0.1) is 0 Å². The molecule has 1 unspecified atom stereocenters. The van der Waals surface area contributed by atoms with E-state index in [2.05, 4.69) is 5.32 Å². The number of carbonyl (C=O) groups excluding carboxylic acids is 1. The van der Waals surface area contributed by atoms with Crippen molar-refractivity contribution >= 4 is 46.7 Å². The minimum Gasteiger partial charge on any atom is -0.449 e. The summed E-state index contributed by atoms with van der Waals surface area (Å²) in [6.07, 6.45) is -0.315. The molecule has 0 aliphatic heterocycles. The Morgan fingerprint density at radius 2 is 2.16 bits per heavy atom. The van der Waals surface area contributed by atoms with Gasteiger partial charge >= 0.3 is 6.09 Å². The highest BCUT2D eigenvalue weighted by molar-refractivity contribution is 8.69. The summed E-state index contributed by atoms with van der Waals surface area (Å²) in [6.45, 7) is 6.68. The van der Waals surface area contributed by atoms with E-state index in [1.54, 1.807) is 18.9 Å². The molecule has 0 aromatic heterocycles. The van der Waals surface area contributed by atoms with Crippen molar-refractivity contribution in [3.05, 3.63) is 0 Å². The number of nitrogens with one attached hydrogen (secondary N) is 1. The van der Waals surface area contributed by atoms with Crippen molar-refractivity contribution in [3.63, 3.8) is 0 Å². The Bertz CT molecular complexity index is 304. The molecule has 0 radical (unpaired) electrons. The molecule has 19 heavy (non-hydrogen) atoms. The van der Waals surface area contributed by atoms with E-state index < -0.39 is 5.69 Å². The zero-order valence-corrected chi connectivity index (χ0v) is 15.1. The first kappa shape index (κ1) is 19.5. The van der Waals surface area contributed by atoms with Crippen molar-refractivity contribution in [2.75, 3.05) is 31.1 Å². The standard InChI is InChI=1S/C10H22NO4PS3/c1-5-11-10(12)14-6-7-18-8-19-16(17,13-4)15-9(2)3/h9H,5-8H2,1-4H3,(H,11,12). The van der Waals surface area contributed by atoms with E-state index in [1.165, 1.54) is 11.4 Å². The Morgan fingerprint density at radius 3 is 2.68 bits per heavy atom. The number of carbonyl (C=O) groups is 1. The highest BCUT2D eigenvalue weighted by Crippen LogP contribution is 2.61.